The summed E-state index contributed by atoms with van der Waals surface area (Å²) >= 11 is 1.74. The summed E-state index contributed by atoms with van der Waals surface area (Å²) in [5.41, 5.74) is 6.83. The van der Waals surface area contributed by atoms with Crippen LogP contribution in [0.2, 0.25) is 0 Å². The highest BCUT2D eigenvalue weighted by atomic mass is 32.1. The molecular weight excluding hydrogens is 340 g/mol. The molecule has 3 rings (SSSR count). The lowest BCUT2D eigenvalue weighted by Crippen LogP contribution is -2.38. The summed E-state index contributed by atoms with van der Waals surface area (Å²) in [6.07, 6.45) is 0.875. The molecule has 0 radical (unpaired) electrons. The quantitative estimate of drug-likeness (QED) is 0.887. The van der Waals surface area contributed by atoms with Crippen molar-refractivity contribution in [2.45, 2.75) is 19.4 Å². The average Bonchev–Trinajstić information content (AvgIpc) is 3.09. The lowest BCUT2D eigenvalue weighted by Gasteiger charge is -2.33. The number of nitrogens with zero attached hydrogens (tertiary/aromatic N) is 1. The summed E-state index contributed by atoms with van der Waals surface area (Å²) < 4.78 is 10.6. The van der Waals surface area contributed by atoms with Crippen LogP contribution in [0.3, 0.4) is 0 Å². The van der Waals surface area contributed by atoms with Gasteiger partial charge in [0.15, 0.2) is 18.1 Å². The molecule has 1 atom stereocenters. The molecule has 7 heteroatoms. The Morgan fingerprint density at radius 1 is 1.32 bits per heavy atom. The minimum Gasteiger partial charge on any atom is -0.493 e. The van der Waals surface area contributed by atoms with Crippen molar-refractivity contribution in [1.29, 1.82) is 0 Å². The molecule has 0 aliphatic carbocycles. The van der Waals surface area contributed by atoms with Crippen molar-refractivity contribution in [3.05, 3.63) is 45.6 Å². The molecule has 0 saturated carbocycles. The van der Waals surface area contributed by atoms with Gasteiger partial charge in [-0.15, -0.1) is 11.3 Å². The third-order valence-electron chi connectivity index (χ3n) is 4.32. The molecule has 1 aliphatic heterocycles. The number of amides is 2. The van der Waals surface area contributed by atoms with Crippen LogP contribution in [-0.2, 0) is 11.2 Å². The number of primary amides is 1. The first kappa shape index (κ1) is 17.3. The maximum absolute atomic E-state index is 12.9. The zero-order chi connectivity index (χ0) is 18.0. The molecule has 1 aromatic heterocycles. The number of ether oxygens (including phenoxy) is 2. The van der Waals surface area contributed by atoms with Crippen molar-refractivity contribution < 1.29 is 19.1 Å². The van der Waals surface area contributed by atoms with Gasteiger partial charge in [0, 0.05) is 17.0 Å². The number of benzene rings is 1. The van der Waals surface area contributed by atoms with Gasteiger partial charge in [0.05, 0.1) is 13.2 Å². The Hall–Kier alpha value is -2.54. The summed E-state index contributed by atoms with van der Waals surface area (Å²) in [7, 11) is 1.49. The van der Waals surface area contributed by atoms with E-state index in [0.29, 0.717) is 23.6 Å². The second-order valence-corrected chi connectivity index (χ2v) is 6.84. The van der Waals surface area contributed by atoms with E-state index >= 15 is 0 Å². The summed E-state index contributed by atoms with van der Waals surface area (Å²) in [6, 6.07) is 7.07. The Morgan fingerprint density at radius 3 is 2.84 bits per heavy atom. The third-order valence-corrected chi connectivity index (χ3v) is 5.32. The van der Waals surface area contributed by atoms with Crippen molar-refractivity contribution in [3.63, 3.8) is 0 Å². The fourth-order valence-electron chi connectivity index (χ4n) is 3.02. The molecule has 2 amide bonds. The van der Waals surface area contributed by atoms with Crippen LogP contribution < -0.4 is 15.2 Å². The molecular formula is C18H20N2O4S. The molecule has 2 N–H and O–H groups in total. The highest BCUT2D eigenvalue weighted by Gasteiger charge is 2.29. The molecule has 0 unspecified atom stereocenters. The van der Waals surface area contributed by atoms with Crippen molar-refractivity contribution in [2.24, 2.45) is 5.73 Å². The first-order chi connectivity index (χ1) is 12.0. The summed E-state index contributed by atoms with van der Waals surface area (Å²) in [4.78, 5) is 27.0. The number of thiophene rings is 1. The largest absolute Gasteiger partial charge is 0.493 e. The fraction of sp³-hybridized carbons (Fsp3) is 0.333. The van der Waals surface area contributed by atoms with E-state index in [1.807, 2.05) is 11.8 Å². The van der Waals surface area contributed by atoms with Crippen molar-refractivity contribution in [2.75, 3.05) is 20.3 Å². The maximum atomic E-state index is 12.9. The van der Waals surface area contributed by atoms with Gasteiger partial charge in [-0.25, -0.2) is 0 Å². The highest BCUT2D eigenvalue weighted by molar-refractivity contribution is 7.10. The predicted octanol–water partition coefficient (Wildman–Crippen LogP) is 2.38. The minimum absolute atomic E-state index is 0.0410. The van der Waals surface area contributed by atoms with Gasteiger partial charge in [-0.1, -0.05) is 0 Å². The van der Waals surface area contributed by atoms with Gasteiger partial charge < -0.3 is 20.1 Å². The number of hydrogen-bond donors (Lipinski definition) is 1. The molecule has 25 heavy (non-hydrogen) atoms. The molecule has 0 saturated heterocycles. The Balaban J connectivity index is 1.82. The highest BCUT2D eigenvalue weighted by Crippen LogP contribution is 2.35. The zero-order valence-corrected chi connectivity index (χ0v) is 15.0. The van der Waals surface area contributed by atoms with E-state index in [0.717, 1.165) is 6.42 Å². The average molecular weight is 360 g/mol. The molecule has 0 fully saturated rings. The van der Waals surface area contributed by atoms with Crippen molar-refractivity contribution in [3.8, 4) is 11.5 Å². The van der Waals surface area contributed by atoms with Gasteiger partial charge in [-0.3, -0.25) is 9.59 Å². The van der Waals surface area contributed by atoms with Gasteiger partial charge >= 0.3 is 0 Å². The number of methoxy groups -OCH3 is 1. The Bertz CT molecular complexity index is 802. The Kier molecular flexibility index (Phi) is 4.94. The maximum Gasteiger partial charge on any atom is 0.255 e. The van der Waals surface area contributed by atoms with E-state index < -0.39 is 5.91 Å². The van der Waals surface area contributed by atoms with Crippen molar-refractivity contribution in [1.82, 2.24) is 4.90 Å². The molecule has 0 spiro atoms. The monoisotopic (exact) mass is 360 g/mol. The lowest BCUT2D eigenvalue weighted by atomic mass is 10.0. The Morgan fingerprint density at radius 2 is 2.12 bits per heavy atom. The van der Waals surface area contributed by atoms with Crippen molar-refractivity contribution >= 4 is 23.2 Å². The Labute approximate surface area is 150 Å². The van der Waals surface area contributed by atoms with E-state index in [-0.39, 0.29) is 18.6 Å². The lowest BCUT2D eigenvalue weighted by molar-refractivity contribution is -0.119. The summed E-state index contributed by atoms with van der Waals surface area (Å²) in [5, 5.41) is 2.07. The van der Waals surface area contributed by atoms with E-state index in [1.165, 1.54) is 17.6 Å². The van der Waals surface area contributed by atoms with Crippen LogP contribution in [0.5, 0.6) is 11.5 Å². The topological polar surface area (TPSA) is 81.9 Å². The molecule has 1 aliphatic rings. The first-order valence-corrected chi connectivity index (χ1v) is 8.85. The zero-order valence-electron chi connectivity index (χ0n) is 14.2. The van der Waals surface area contributed by atoms with E-state index in [9.17, 15) is 9.59 Å². The number of carbonyl (C=O) groups excluding carboxylic acids is 2. The molecule has 6 nitrogen and oxygen atoms in total. The summed E-state index contributed by atoms with van der Waals surface area (Å²) in [6.45, 7) is 2.49. The second-order valence-electron chi connectivity index (χ2n) is 5.84. The summed E-state index contributed by atoms with van der Waals surface area (Å²) in [5.74, 6) is 0.151. The van der Waals surface area contributed by atoms with E-state index in [4.69, 9.17) is 15.2 Å². The van der Waals surface area contributed by atoms with E-state index in [2.05, 4.69) is 11.4 Å². The predicted molar refractivity (Wildman–Crippen MR) is 95.2 cm³/mol. The molecule has 2 aromatic rings. The molecule has 0 bridgehead atoms. The number of carbonyl (C=O) groups is 2. The first-order valence-electron chi connectivity index (χ1n) is 7.97. The SMILES string of the molecule is COc1cc(C(=O)N2CCc3sccc3[C@H]2C)ccc1OCC(N)=O. The molecule has 132 valence electrons. The number of hydrogen-bond acceptors (Lipinski definition) is 5. The van der Waals surface area contributed by atoms with Crippen LogP contribution in [0.4, 0.5) is 0 Å². The normalized spacial score (nSPS) is 16.2. The van der Waals surface area contributed by atoms with Crippen LogP contribution in [0.15, 0.2) is 29.6 Å². The minimum atomic E-state index is -0.573. The van der Waals surface area contributed by atoms with Crippen LogP contribution in [0.1, 0.15) is 33.8 Å². The fourth-order valence-corrected chi connectivity index (χ4v) is 3.98. The van der Waals surface area contributed by atoms with E-state index in [1.54, 1.807) is 29.5 Å². The number of fused-ring (bicyclic) bond motifs is 1. The van der Waals surface area contributed by atoms with Crippen LogP contribution in [0.25, 0.3) is 0 Å². The second kappa shape index (κ2) is 7.14. The molecule has 2 heterocycles. The van der Waals surface area contributed by atoms with Crippen LogP contribution in [-0.4, -0.2) is 37.0 Å². The number of nitrogens with two attached hydrogens (primary N) is 1. The van der Waals surface area contributed by atoms with Gasteiger partial charge in [-0.2, -0.15) is 0 Å². The van der Waals surface area contributed by atoms with Gasteiger partial charge in [0.2, 0.25) is 0 Å². The number of rotatable bonds is 5. The standard InChI is InChI=1S/C18H20N2O4S/c1-11-13-6-8-25-16(13)5-7-20(11)18(22)12-3-4-14(15(9-12)23-2)24-10-17(19)21/h3-4,6,8-9,11H,5,7,10H2,1-2H3,(H2,19,21)/t11-/m1/s1. The smallest absolute Gasteiger partial charge is 0.255 e. The molecule has 1 aromatic carbocycles. The van der Waals surface area contributed by atoms with Gasteiger partial charge in [0.1, 0.15) is 0 Å². The van der Waals surface area contributed by atoms with Gasteiger partial charge in [-0.05, 0) is 48.6 Å². The van der Waals surface area contributed by atoms with Crippen LogP contribution in [0, 0.1) is 0 Å². The third kappa shape index (κ3) is 3.46. The van der Waals surface area contributed by atoms with Crippen LogP contribution >= 0.6 is 11.3 Å². The van der Waals surface area contributed by atoms with Gasteiger partial charge in [0.25, 0.3) is 11.8 Å².